The first kappa shape index (κ1) is 34.3. The van der Waals surface area contributed by atoms with Crippen molar-refractivity contribution in [2.24, 2.45) is 0 Å². The van der Waals surface area contributed by atoms with Crippen LogP contribution in [0.4, 0.5) is 0 Å². The van der Waals surface area contributed by atoms with E-state index in [1.807, 2.05) is 29.5 Å². The minimum absolute atomic E-state index is 0.0514. The standard InChI is InChI=1S/C34H53N7O4Si/c1-7-8-15-45-32-29(42)18-27(41-14-13-40(24(2)3)34(43)31(32)41)20-36-12-11-35-19-26-22-39(23-44-16-17-46(4,5)6)33-30(26)38-28(21-37-33)25-9-10-25/h18,21-22,24-25,35-36H,7-17,19-20,23H2,1-6H3. The van der Waals surface area contributed by atoms with Gasteiger partial charge in [0.1, 0.15) is 12.2 Å². The molecule has 4 heterocycles. The van der Waals surface area contributed by atoms with Crippen molar-refractivity contribution in [1.29, 1.82) is 0 Å². The Morgan fingerprint density at radius 3 is 2.52 bits per heavy atom. The smallest absolute Gasteiger partial charge is 0.274 e. The average Bonchev–Trinajstić information content (AvgIpc) is 3.80. The van der Waals surface area contributed by atoms with Gasteiger partial charge in [0.05, 0.1) is 18.5 Å². The van der Waals surface area contributed by atoms with E-state index in [9.17, 15) is 9.59 Å². The highest BCUT2D eigenvalue weighted by molar-refractivity contribution is 6.76. The van der Waals surface area contributed by atoms with Crippen molar-refractivity contribution in [3.63, 3.8) is 0 Å². The van der Waals surface area contributed by atoms with Crippen molar-refractivity contribution in [2.75, 3.05) is 32.8 Å². The van der Waals surface area contributed by atoms with Gasteiger partial charge in [-0.2, -0.15) is 0 Å². The van der Waals surface area contributed by atoms with E-state index in [1.54, 1.807) is 6.07 Å². The van der Waals surface area contributed by atoms with Crippen LogP contribution >= 0.6 is 0 Å². The Balaban J connectivity index is 1.20. The molecular weight excluding hydrogens is 599 g/mol. The number of rotatable bonds is 18. The molecule has 1 saturated carbocycles. The molecule has 0 atom stereocenters. The van der Waals surface area contributed by atoms with Gasteiger partial charge in [0, 0.05) is 89.4 Å². The number of nitrogens with zero attached hydrogens (tertiary/aromatic N) is 5. The Hall–Kier alpha value is -3.06. The van der Waals surface area contributed by atoms with E-state index in [4.69, 9.17) is 19.4 Å². The highest BCUT2D eigenvalue weighted by Crippen LogP contribution is 2.39. The van der Waals surface area contributed by atoms with Gasteiger partial charge < -0.3 is 34.1 Å². The van der Waals surface area contributed by atoms with Crippen molar-refractivity contribution in [2.45, 2.75) is 110 Å². The normalized spacial score (nSPS) is 15.3. The number of carbonyl (C=O) groups is 1. The summed E-state index contributed by atoms with van der Waals surface area (Å²) in [5.74, 6) is 0.585. The van der Waals surface area contributed by atoms with Crippen LogP contribution in [0.25, 0.3) is 11.2 Å². The lowest BCUT2D eigenvalue weighted by Crippen LogP contribution is -2.46. The molecule has 2 N–H and O–H groups in total. The number of aromatic nitrogens is 4. The van der Waals surface area contributed by atoms with Crippen molar-refractivity contribution in [1.82, 2.24) is 34.6 Å². The molecule has 1 fully saturated rings. The summed E-state index contributed by atoms with van der Waals surface area (Å²) in [4.78, 5) is 38.3. The van der Waals surface area contributed by atoms with E-state index in [2.05, 4.69) is 48.0 Å². The van der Waals surface area contributed by atoms with Crippen LogP contribution < -0.4 is 20.8 Å². The number of unbranched alkanes of at least 4 members (excludes halogenated alkanes) is 1. The monoisotopic (exact) mass is 651 g/mol. The maximum Gasteiger partial charge on any atom is 0.274 e. The van der Waals surface area contributed by atoms with Gasteiger partial charge in [0.2, 0.25) is 5.43 Å². The summed E-state index contributed by atoms with van der Waals surface area (Å²) in [7, 11) is -1.15. The number of nitrogens with one attached hydrogen (secondary N) is 2. The van der Waals surface area contributed by atoms with E-state index >= 15 is 0 Å². The summed E-state index contributed by atoms with van der Waals surface area (Å²) >= 11 is 0. The molecule has 252 valence electrons. The summed E-state index contributed by atoms with van der Waals surface area (Å²) < 4.78 is 16.0. The minimum Gasteiger partial charge on any atom is -0.487 e. The molecule has 5 rings (SSSR count). The van der Waals surface area contributed by atoms with Crippen LogP contribution in [0.5, 0.6) is 5.75 Å². The first-order valence-corrected chi connectivity index (χ1v) is 20.8. The molecule has 2 aliphatic rings. The summed E-state index contributed by atoms with van der Waals surface area (Å²) in [5, 5.41) is 7.02. The summed E-state index contributed by atoms with van der Waals surface area (Å²) in [5.41, 5.74) is 4.98. The van der Waals surface area contributed by atoms with Crippen LogP contribution in [-0.4, -0.2) is 76.9 Å². The number of hydrogen-bond acceptors (Lipinski definition) is 8. The number of fused-ring (bicyclic) bond motifs is 2. The van der Waals surface area contributed by atoms with Gasteiger partial charge >= 0.3 is 0 Å². The summed E-state index contributed by atoms with van der Waals surface area (Å²) in [6, 6.07) is 2.81. The van der Waals surface area contributed by atoms with Gasteiger partial charge in [-0.1, -0.05) is 33.0 Å². The van der Waals surface area contributed by atoms with Gasteiger partial charge in [-0.05, 0) is 39.2 Å². The first-order valence-electron chi connectivity index (χ1n) is 17.1. The molecule has 0 radical (unpaired) electrons. The van der Waals surface area contributed by atoms with Gasteiger partial charge in [-0.3, -0.25) is 9.59 Å². The van der Waals surface area contributed by atoms with Crippen LogP contribution in [0.15, 0.2) is 23.3 Å². The fraction of sp³-hybridized carbons (Fsp3) is 0.647. The quantitative estimate of drug-likeness (QED) is 0.150. The zero-order valence-electron chi connectivity index (χ0n) is 28.7. The molecule has 1 amide bonds. The number of amides is 1. The third-order valence-electron chi connectivity index (χ3n) is 8.73. The van der Waals surface area contributed by atoms with Gasteiger partial charge in [0.25, 0.3) is 5.91 Å². The van der Waals surface area contributed by atoms with Crippen LogP contribution in [-0.2, 0) is 31.1 Å². The largest absolute Gasteiger partial charge is 0.487 e. The predicted octanol–water partition coefficient (Wildman–Crippen LogP) is 4.71. The minimum atomic E-state index is -1.15. The number of pyridine rings is 1. The third kappa shape index (κ3) is 8.44. The molecule has 12 heteroatoms. The van der Waals surface area contributed by atoms with Crippen molar-refractivity contribution in [3.8, 4) is 5.75 Å². The molecular formula is C34H53N7O4Si. The zero-order valence-corrected chi connectivity index (χ0v) is 29.7. The van der Waals surface area contributed by atoms with Crippen molar-refractivity contribution in [3.05, 3.63) is 51.3 Å². The predicted molar refractivity (Wildman–Crippen MR) is 184 cm³/mol. The lowest BCUT2D eigenvalue weighted by atomic mass is 10.1. The lowest BCUT2D eigenvalue weighted by molar-refractivity contribution is 0.0636. The molecule has 1 aliphatic heterocycles. The molecule has 3 aromatic rings. The van der Waals surface area contributed by atoms with E-state index in [1.165, 1.54) is 12.8 Å². The van der Waals surface area contributed by atoms with Gasteiger partial charge in [-0.25, -0.2) is 9.97 Å². The molecule has 0 bridgehead atoms. The van der Waals surface area contributed by atoms with Gasteiger partial charge in [-0.15, -0.1) is 0 Å². The Morgan fingerprint density at radius 1 is 1.07 bits per heavy atom. The summed E-state index contributed by atoms with van der Waals surface area (Å²) in [6.07, 6.45) is 8.22. The molecule has 0 aromatic carbocycles. The molecule has 3 aromatic heterocycles. The van der Waals surface area contributed by atoms with E-state index in [0.717, 1.165) is 60.2 Å². The summed E-state index contributed by atoms with van der Waals surface area (Å²) in [6.45, 7) is 18.6. The van der Waals surface area contributed by atoms with Crippen LogP contribution in [0.2, 0.25) is 25.7 Å². The highest BCUT2D eigenvalue weighted by atomic mass is 28.3. The average molecular weight is 652 g/mol. The third-order valence-corrected chi connectivity index (χ3v) is 10.4. The fourth-order valence-electron chi connectivity index (χ4n) is 5.78. The molecule has 0 saturated heterocycles. The second-order valence-corrected chi connectivity index (χ2v) is 19.8. The lowest BCUT2D eigenvalue weighted by Gasteiger charge is -2.35. The zero-order chi connectivity index (χ0) is 32.8. The van der Waals surface area contributed by atoms with Crippen LogP contribution in [0.1, 0.15) is 79.8 Å². The molecule has 46 heavy (non-hydrogen) atoms. The maximum absolute atomic E-state index is 13.5. The Morgan fingerprint density at radius 2 is 1.83 bits per heavy atom. The van der Waals surface area contributed by atoms with E-state index in [-0.39, 0.29) is 23.1 Å². The number of hydrogen-bond donors (Lipinski definition) is 2. The van der Waals surface area contributed by atoms with Crippen molar-refractivity contribution >= 4 is 25.1 Å². The first-order chi connectivity index (χ1) is 22.1. The van der Waals surface area contributed by atoms with E-state index < -0.39 is 8.07 Å². The Bertz CT molecular complexity index is 1560. The van der Waals surface area contributed by atoms with Crippen molar-refractivity contribution < 1.29 is 14.3 Å². The van der Waals surface area contributed by atoms with E-state index in [0.29, 0.717) is 57.7 Å². The van der Waals surface area contributed by atoms with Gasteiger partial charge in [0.15, 0.2) is 17.1 Å². The maximum atomic E-state index is 13.5. The topological polar surface area (TPSA) is 116 Å². The van der Waals surface area contributed by atoms with Crippen LogP contribution in [0.3, 0.4) is 0 Å². The molecule has 11 nitrogen and oxygen atoms in total. The number of ether oxygens (including phenoxy) is 2. The number of carbonyl (C=O) groups excluding carboxylic acids is 1. The molecule has 0 unspecified atom stereocenters. The second-order valence-electron chi connectivity index (χ2n) is 14.2. The fourth-order valence-corrected chi connectivity index (χ4v) is 6.54. The SMILES string of the molecule is CCCCOc1c2n(c(CNCCNCc3cn(COCC[Si](C)(C)C)c4ncc(C5CC5)nc34)cc1=O)CCN(C(C)C)C2=O. The molecule has 0 spiro atoms. The highest BCUT2D eigenvalue weighted by Gasteiger charge is 2.32. The Kier molecular flexibility index (Phi) is 11.3. The van der Waals surface area contributed by atoms with Crippen LogP contribution in [0, 0.1) is 0 Å². The molecule has 1 aliphatic carbocycles. The second kappa shape index (κ2) is 15.2. The Labute approximate surface area is 274 Å².